The summed E-state index contributed by atoms with van der Waals surface area (Å²) in [6.45, 7) is 0.306. The molecule has 0 unspecified atom stereocenters. The van der Waals surface area contributed by atoms with Crippen molar-refractivity contribution in [2.75, 3.05) is 14.2 Å². The molecule has 3 aromatic carbocycles. The molecule has 0 aliphatic rings. The maximum atomic E-state index is 13.3. The average Bonchev–Trinajstić information content (AvgIpc) is 2.72. The second-order valence-corrected chi connectivity index (χ2v) is 5.83. The van der Waals surface area contributed by atoms with E-state index in [1.54, 1.807) is 0 Å². The van der Waals surface area contributed by atoms with E-state index in [9.17, 15) is 9.18 Å². The summed E-state index contributed by atoms with van der Waals surface area (Å²) in [5.41, 5.74) is 1.16. The Morgan fingerprint density at radius 2 is 1.57 bits per heavy atom. The van der Waals surface area contributed by atoms with Crippen LogP contribution in [0.4, 0.5) is 4.39 Å². The molecule has 0 saturated carbocycles. The summed E-state index contributed by atoms with van der Waals surface area (Å²) in [4.78, 5) is 12.5. The number of halogens is 1. The van der Waals surface area contributed by atoms with Gasteiger partial charge in [-0.3, -0.25) is 0 Å². The summed E-state index contributed by atoms with van der Waals surface area (Å²) in [5.74, 6) is -0.0478. The minimum Gasteiger partial charge on any atom is -0.493 e. The fraction of sp³-hybridized carbons (Fsp3) is 0.136. The minimum atomic E-state index is -0.670. The molecule has 0 bridgehead atoms. The van der Waals surface area contributed by atoms with Crippen LogP contribution >= 0.6 is 0 Å². The van der Waals surface area contributed by atoms with Crippen LogP contribution in [0.2, 0.25) is 0 Å². The highest BCUT2D eigenvalue weighted by Crippen LogP contribution is 2.39. The Morgan fingerprint density at radius 3 is 2.18 bits per heavy atom. The van der Waals surface area contributed by atoms with Crippen LogP contribution in [0.1, 0.15) is 15.9 Å². The fourth-order valence-corrected chi connectivity index (χ4v) is 2.57. The van der Waals surface area contributed by atoms with Gasteiger partial charge in [0.05, 0.1) is 19.8 Å². The number of carbonyl (C=O) groups is 1. The van der Waals surface area contributed by atoms with Crippen molar-refractivity contribution in [2.24, 2.45) is 0 Å². The third-order valence-corrected chi connectivity index (χ3v) is 3.93. The number of ether oxygens (including phenoxy) is 4. The molecule has 0 atom stereocenters. The standard InChI is InChI=1S/C22H19FO5/c1-25-19-11-16(22(24)28-18-10-6-9-17(23)13-18)12-20(26-2)21(19)27-14-15-7-4-3-5-8-15/h3-13H,14H2,1-2H3. The SMILES string of the molecule is COc1cc(C(=O)Oc2cccc(F)c2)cc(OC)c1OCc1ccccc1. The van der Waals surface area contributed by atoms with Gasteiger partial charge in [-0.05, 0) is 29.8 Å². The number of methoxy groups -OCH3 is 2. The Bertz CT molecular complexity index is 931. The maximum Gasteiger partial charge on any atom is 0.343 e. The molecule has 6 heteroatoms. The van der Waals surface area contributed by atoms with E-state index in [1.807, 2.05) is 30.3 Å². The van der Waals surface area contributed by atoms with Crippen molar-refractivity contribution in [3.05, 3.63) is 83.7 Å². The van der Waals surface area contributed by atoms with Gasteiger partial charge in [0.15, 0.2) is 11.5 Å². The van der Waals surface area contributed by atoms with Crippen LogP contribution in [-0.2, 0) is 6.61 Å². The predicted octanol–water partition coefficient (Wildman–Crippen LogP) is 4.64. The first-order valence-electron chi connectivity index (χ1n) is 8.51. The van der Waals surface area contributed by atoms with E-state index in [4.69, 9.17) is 18.9 Å². The summed E-state index contributed by atoms with van der Waals surface area (Å²) < 4.78 is 35.1. The number of hydrogen-bond donors (Lipinski definition) is 0. The number of rotatable bonds is 7. The van der Waals surface area contributed by atoms with Gasteiger partial charge in [-0.1, -0.05) is 36.4 Å². The quantitative estimate of drug-likeness (QED) is 0.440. The van der Waals surface area contributed by atoms with E-state index in [2.05, 4.69) is 0 Å². The number of hydrogen-bond acceptors (Lipinski definition) is 5. The largest absolute Gasteiger partial charge is 0.493 e. The highest BCUT2D eigenvalue weighted by atomic mass is 19.1. The van der Waals surface area contributed by atoms with Gasteiger partial charge in [-0.25, -0.2) is 9.18 Å². The molecule has 0 N–H and O–H groups in total. The van der Waals surface area contributed by atoms with Crippen LogP contribution in [-0.4, -0.2) is 20.2 Å². The summed E-state index contributed by atoms with van der Waals surface area (Å²) in [7, 11) is 2.93. The van der Waals surface area contributed by atoms with E-state index in [0.29, 0.717) is 23.9 Å². The molecule has 0 aromatic heterocycles. The molecule has 144 valence electrons. The monoisotopic (exact) mass is 382 g/mol. The van der Waals surface area contributed by atoms with Crippen LogP contribution in [0, 0.1) is 5.82 Å². The molecule has 0 aliphatic heterocycles. The van der Waals surface area contributed by atoms with E-state index in [0.717, 1.165) is 11.6 Å². The molecule has 3 aromatic rings. The van der Waals surface area contributed by atoms with E-state index < -0.39 is 11.8 Å². The van der Waals surface area contributed by atoms with Crippen molar-refractivity contribution in [1.82, 2.24) is 0 Å². The first kappa shape index (κ1) is 19.2. The molecule has 0 fully saturated rings. The highest BCUT2D eigenvalue weighted by Gasteiger charge is 2.19. The van der Waals surface area contributed by atoms with Crippen molar-refractivity contribution in [3.8, 4) is 23.0 Å². The molecule has 0 aliphatic carbocycles. The zero-order valence-electron chi connectivity index (χ0n) is 15.5. The highest BCUT2D eigenvalue weighted by molar-refractivity contribution is 5.92. The van der Waals surface area contributed by atoms with Gasteiger partial charge in [0, 0.05) is 6.07 Å². The zero-order valence-corrected chi connectivity index (χ0v) is 15.5. The van der Waals surface area contributed by atoms with Gasteiger partial charge in [-0.2, -0.15) is 0 Å². The van der Waals surface area contributed by atoms with Crippen LogP contribution in [0.25, 0.3) is 0 Å². The molecule has 0 spiro atoms. The van der Waals surface area contributed by atoms with Crippen molar-refractivity contribution in [1.29, 1.82) is 0 Å². The second kappa shape index (κ2) is 8.90. The zero-order chi connectivity index (χ0) is 19.9. The summed E-state index contributed by atoms with van der Waals surface area (Å²) >= 11 is 0. The van der Waals surface area contributed by atoms with Crippen LogP contribution in [0.5, 0.6) is 23.0 Å². The molecule has 0 saturated heterocycles. The Labute approximate surface area is 162 Å². The number of benzene rings is 3. The Balaban J connectivity index is 1.84. The molecule has 3 rings (SSSR count). The number of esters is 1. The van der Waals surface area contributed by atoms with Crippen LogP contribution in [0.15, 0.2) is 66.7 Å². The van der Waals surface area contributed by atoms with E-state index in [-0.39, 0.29) is 11.3 Å². The normalized spacial score (nSPS) is 10.2. The van der Waals surface area contributed by atoms with Crippen LogP contribution < -0.4 is 18.9 Å². The van der Waals surface area contributed by atoms with Gasteiger partial charge in [0.25, 0.3) is 0 Å². The third-order valence-electron chi connectivity index (χ3n) is 3.93. The molecule has 0 heterocycles. The average molecular weight is 382 g/mol. The number of carbonyl (C=O) groups excluding carboxylic acids is 1. The van der Waals surface area contributed by atoms with Crippen molar-refractivity contribution < 1.29 is 28.1 Å². The smallest absolute Gasteiger partial charge is 0.343 e. The van der Waals surface area contributed by atoms with Crippen molar-refractivity contribution >= 4 is 5.97 Å². The molecule has 5 nitrogen and oxygen atoms in total. The lowest BCUT2D eigenvalue weighted by atomic mass is 10.1. The minimum absolute atomic E-state index is 0.104. The van der Waals surface area contributed by atoms with E-state index >= 15 is 0 Å². The Morgan fingerprint density at radius 1 is 0.893 bits per heavy atom. The first-order valence-corrected chi connectivity index (χ1v) is 8.51. The van der Waals surface area contributed by atoms with Gasteiger partial charge >= 0.3 is 5.97 Å². The van der Waals surface area contributed by atoms with Gasteiger partial charge in [0.2, 0.25) is 5.75 Å². The molecular formula is C22H19FO5. The third kappa shape index (κ3) is 4.59. The van der Waals surface area contributed by atoms with Gasteiger partial charge in [0.1, 0.15) is 18.2 Å². The summed E-state index contributed by atoms with van der Waals surface area (Å²) in [6.07, 6.45) is 0. The van der Waals surface area contributed by atoms with Crippen LogP contribution in [0.3, 0.4) is 0 Å². The predicted molar refractivity (Wildman–Crippen MR) is 102 cm³/mol. The molecular weight excluding hydrogens is 363 g/mol. The Kier molecular flexibility index (Phi) is 6.11. The Hall–Kier alpha value is -3.54. The lowest BCUT2D eigenvalue weighted by molar-refractivity contribution is 0.0733. The van der Waals surface area contributed by atoms with Gasteiger partial charge < -0.3 is 18.9 Å². The molecule has 0 radical (unpaired) electrons. The van der Waals surface area contributed by atoms with E-state index in [1.165, 1.54) is 44.6 Å². The second-order valence-electron chi connectivity index (χ2n) is 5.83. The first-order chi connectivity index (χ1) is 13.6. The summed E-state index contributed by atoms with van der Waals surface area (Å²) in [6, 6.07) is 17.9. The fourth-order valence-electron chi connectivity index (χ4n) is 2.57. The summed E-state index contributed by atoms with van der Waals surface area (Å²) in [5, 5.41) is 0. The maximum absolute atomic E-state index is 13.3. The van der Waals surface area contributed by atoms with Crippen molar-refractivity contribution in [3.63, 3.8) is 0 Å². The lowest BCUT2D eigenvalue weighted by Gasteiger charge is -2.16. The topological polar surface area (TPSA) is 54.0 Å². The lowest BCUT2D eigenvalue weighted by Crippen LogP contribution is -2.10. The van der Waals surface area contributed by atoms with Crippen molar-refractivity contribution in [2.45, 2.75) is 6.61 Å². The van der Waals surface area contributed by atoms with Gasteiger partial charge in [-0.15, -0.1) is 0 Å². The molecule has 28 heavy (non-hydrogen) atoms. The molecule has 0 amide bonds.